The number of anilines is 1. The first-order valence-electron chi connectivity index (χ1n) is 9.20. The number of aromatic nitrogens is 4. The summed E-state index contributed by atoms with van der Waals surface area (Å²) in [6, 6.07) is 6.60. The molecule has 6 nitrogen and oxygen atoms in total. The third-order valence-corrected chi connectivity index (χ3v) is 5.00. The summed E-state index contributed by atoms with van der Waals surface area (Å²) in [5, 5.41) is 5.55. The molecule has 0 N–H and O–H groups in total. The number of likely N-dealkylation sites (N-methyl/N-ethyl adjacent to an activating group) is 1. The molecule has 150 valence electrons. The summed E-state index contributed by atoms with van der Waals surface area (Å²) < 4.78 is 16.0. The standard InChI is InChI=1S/C20H26BrFN6/c1-20(2,3)28-19-16(17(21)25-28)18(23-13-24-19)27(11-10-26(4)5)12-14-6-8-15(22)9-7-14/h6-9,13H,10-12H2,1-5H3. The number of nitrogens with zero attached hydrogens (tertiary/aromatic N) is 6. The summed E-state index contributed by atoms with van der Waals surface area (Å²) in [5.41, 5.74) is 1.60. The van der Waals surface area contributed by atoms with Crippen molar-refractivity contribution in [3.8, 4) is 0 Å². The summed E-state index contributed by atoms with van der Waals surface area (Å²) >= 11 is 3.61. The molecule has 0 saturated carbocycles. The molecule has 0 amide bonds. The van der Waals surface area contributed by atoms with Gasteiger partial charge in [0.05, 0.1) is 10.9 Å². The Morgan fingerprint density at radius 1 is 1.07 bits per heavy atom. The van der Waals surface area contributed by atoms with E-state index in [4.69, 9.17) is 0 Å². The predicted molar refractivity (Wildman–Crippen MR) is 114 cm³/mol. The number of hydrogen-bond acceptors (Lipinski definition) is 5. The second-order valence-corrected chi connectivity index (χ2v) is 8.87. The van der Waals surface area contributed by atoms with Gasteiger partial charge in [0.2, 0.25) is 0 Å². The Morgan fingerprint density at radius 3 is 2.36 bits per heavy atom. The van der Waals surface area contributed by atoms with Crippen LogP contribution in [0, 0.1) is 5.82 Å². The molecule has 0 saturated heterocycles. The van der Waals surface area contributed by atoms with Crippen LogP contribution in [0.1, 0.15) is 26.3 Å². The smallest absolute Gasteiger partial charge is 0.165 e. The molecule has 3 aromatic rings. The van der Waals surface area contributed by atoms with E-state index in [2.05, 4.69) is 61.6 Å². The highest BCUT2D eigenvalue weighted by Crippen LogP contribution is 2.33. The van der Waals surface area contributed by atoms with Crippen molar-refractivity contribution in [3.63, 3.8) is 0 Å². The monoisotopic (exact) mass is 448 g/mol. The average Bonchev–Trinajstić information content (AvgIpc) is 2.98. The third-order valence-electron chi connectivity index (χ3n) is 4.44. The SMILES string of the molecule is CN(C)CCN(Cc1ccc(F)cc1)c1ncnc2c1c(Br)nn2C(C)(C)C. The zero-order valence-electron chi connectivity index (χ0n) is 16.9. The van der Waals surface area contributed by atoms with Gasteiger partial charge in [-0.25, -0.2) is 19.0 Å². The van der Waals surface area contributed by atoms with Gasteiger partial charge in [0.1, 0.15) is 22.6 Å². The predicted octanol–water partition coefficient (Wildman–Crippen LogP) is 4.05. The van der Waals surface area contributed by atoms with Gasteiger partial charge in [-0.3, -0.25) is 0 Å². The lowest BCUT2D eigenvalue weighted by atomic mass is 10.1. The van der Waals surface area contributed by atoms with E-state index in [0.717, 1.165) is 40.1 Å². The maximum atomic E-state index is 13.3. The lowest BCUT2D eigenvalue weighted by Crippen LogP contribution is -2.32. The molecular formula is C20H26BrFN6. The van der Waals surface area contributed by atoms with Gasteiger partial charge >= 0.3 is 0 Å². The van der Waals surface area contributed by atoms with Crippen LogP contribution in [-0.2, 0) is 12.1 Å². The first-order valence-corrected chi connectivity index (χ1v) is 10.00. The van der Waals surface area contributed by atoms with Gasteiger partial charge in [0.15, 0.2) is 5.65 Å². The van der Waals surface area contributed by atoms with Gasteiger partial charge in [-0.15, -0.1) is 0 Å². The van der Waals surface area contributed by atoms with Crippen molar-refractivity contribution in [3.05, 3.63) is 46.6 Å². The Labute approximate surface area is 173 Å². The quantitative estimate of drug-likeness (QED) is 0.569. The van der Waals surface area contributed by atoms with Gasteiger partial charge in [0, 0.05) is 19.6 Å². The van der Waals surface area contributed by atoms with Crippen molar-refractivity contribution in [1.29, 1.82) is 0 Å². The van der Waals surface area contributed by atoms with Crippen molar-refractivity contribution < 1.29 is 4.39 Å². The molecule has 0 spiro atoms. The number of halogens is 2. The molecule has 28 heavy (non-hydrogen) atoms. The lowest BCUT2D eigenvalue weighted by Gasteiger charge is -2.26. The normalized spacial score (nSPS) is 12.1. The zero-order chi connectivity index (χ0) is 20.5. The summed E-state index contributed by atoms with van der Waals surface area (Å²) in [6.07, 6.45) is 1.58. The van der Waals surface area contributed by atoms with Crippen LogP contribution in [-0.4, -0.2) is 51.8 Å². The van der Waals surface area contributed by atoms with Gasteiger partial charge < -0.3 is 9.80 Å². The van der Waals surface area contributed by atoms with E-state index < -0.39 is 0 Å². The van der Waals surface area contributed by atoms with Crippen LogP contribution in [0.15, 0.2) is 35.2 Å². The largest absolute Gasteiger partial charge is 0.350 e. The second-order valence-electron chi connectivity index (χ2n) is 8.12. The Kier molecular flexibility index (Phi) is 6.00. The van der Waals surface area contributed by atoms with Crippen LogP contribution < -0.4 is 4.90 Å². The molecule has 8 heteroatoms. The number of benzene rings is 1. The van der Waals surface area contributed by atoms with Crippen LogP contribution in [0.3, 0.4) is 0 Å². The van der Waals surface area contributed by atoms with E-state index in [0.29, 0.717) is 6.54 Å². The minimum Gasteiger partial charge on any atom is -0.350 e. The van der Waals surface area contributed by atoms with E-state index in [-0.39, 0.29) is 11.4 Å². The fourth-order valence-electron chi connectivity index (χ4n) is 3.00. The Bertz CT molecular complexity index is 946. The number of fused-ring (bicyclic) bond motifs is 1. The van der Waals surface area contributed by atoms with Crippen molar-refractivity contribution in [2.24, 2.45) is 0 Å². The minimum atomic E-state index is -0.234. The van der Waals surface area contributed by atoms with Crippen LogP contribution in [0.25, 0.3) is 11.0 Å². The summed E-state index contributed by atoms with van der Waals surface area (Å²) in [7, 11) is 4.08. The maximum absolute atomic E-state index is 13.3. The molecule has 2 heterocycles. The molecule has 2 aromatic heterocycles. The number of rotatable bonds is 6. The fourth-order valence-corrected chi connectivity index (χ4v) is 3.51. The fraction of sp³-hybridized carbons (Fsp3) is 0.450. The molecule has 0 bridgehead atoms. The first-order chi connectivity index (χ1) is 13.2. The van der Waals surface area contributed by atoms with Crippen LogP contribution >= 0.6 is 15.9 Å². The van der Waals surface area contributed by atoms with Gasteiger partial charge in [-0.1, -0.05) is 12.1 Å². The molecule has 0 aliphatic heterocycles. The van der Waals surface area contributed by atoms with E-state index in [1.807, 2.05) is 30.9 Å². The molecule has 0 atom stereocenters. The van der Waals surface area contributed by atoms with Crippen molar-refractivity contribution in [1.82, 2.24) is 24.6 Å². The summed E-state index contributed by atoms with van der Waals surface area (Å²) in [5.74, 6) is 0.584. The molecular weight excluding hydrogens is 423 g/mol. The van der Waals surface area contributed by atoms with Crippen molar-refractivity contribution in [2.45, 2.75) is 32.9 Å². The first kappa shape index (κ1) is 20.7. The molecule has 3 rings (SSSR count). The van der Waals surface area contributed by atoms with E-state index >= 15 is 0 Å². The highest BCUT2D eigenvalue weighted by Gasteiger charge is 2.25. The molecule has 0 aliphatic carbocycles. The maximum Gasteiger partial charge on any atom is 0.165 e. The Morgan fingerprint density at radius 2 is 1.75 bits per heavy atom. The zero-order valence-corrected chi connectivity index (χ0v) is 18.5. The van der Waals surface area contributed by atoms with E-state index in [9.17, 15) is 4.39 Å². The topological polar surface area (TPSA) is 50.1 Å². The highest BCUT2D eigenvalue weighted by molar-refractivity contribution is 9.10. The number of hydrogen-bond donors (Lipinski definition) is 0. The van der Waals surface area contributed by atoms with E-state index in [1.54, 1.807) is 6.33 Å². The van der Waals surface area contributed by atoms with Gasteiger partial charge in [-0.05, 0) is 68.5 Å². The lowest BCUT2D eigenvalue weighted by molar-refractivity contribution is 0.364. The third kappa shape index (κ3) is 4.50. The minimum absolute atomic E-state index is 0.207. The highest BCUT2D eigenvalue weighted by atomic mass is 79.9. The molecule has 0 fully saturated rings. The molecule has 0 unspecified atom stereocenters. The van der Waals surface area contributed by atoms with Crippen molar-refractivity contribution >= 4 is 32.8 Å². The van der Waals surface area contributed by atoms with Gasteiger partial charge in [-0.2, -0.15) is 5.10 Å². The second kappa shape index (κ2) is 8.13. The van der Waals surface area contributed by atoms with Gasteiger partial charge in [0.25, 0.3) is 0 Å². The molecule has 1 aromatic carbocycles. The summed E-state index contributed by atoms with van der Waals surface area (Å²) in [4.78, 5) is 13.4. The average molecular weight is 449 g/mol. The molecule has 0 radical (unpaired) electrons. The van der Waals surface area contributed by atoms with Crippen molar-refractivity contribution in [2.75, 3.05) is 32.1 Å². The Hall–Kier alpha value is -2.06. The van der Waals surface area contributed by atoms with E-state index in [1.165, 1.54) is 12.1 Å². The summed E-state index contributed by atoms with van der Waals surface area (Å²) in [6.45, 7) is 8.52. The van der Waals surface area contributed by atoms with Crippen LogP contribution in [0.2, 0.25) is 0 Å². The van der Waals surface area contributed by atoms with Crippen LogP contribution in [0.5, 0.6) is 0 Å². The van der Waals surface area contributed by atoms with Crippen LogP contribution in [0.4, 0.5) is 10.2 Å². The molecule has 0 aliphatic rings. The Balaban J connectivity index is 2.07.